The fourth-order valence-electron chi connectivity index (χ4n) is 10.2. The quantitative estimate of drug-likeness (QED) is 0.168. The summed E-state index contributed by atoms with van der Waals surface area (Å²) in [5.41, 5.74) is 14.4. The first-order chi connectivity index (χ1) is 30.3. The van der Waals surface area contributed by atoms with Crippen LogP contribution in [0.4, 0.5) is 0 Å². The van der Waals surface area contributed by atoms with E-state index in [9.17, 15) is 0 Å². The predicted octanol–water partition coefficient (Wildman–Crippen LogP) is 15.0. The summed E-state index contributed by atoms with van der Waals surface area (Å²) in [6.45, 7) is 0. The van der Waals surface area contributed by atoms with E-state index in [0.29, 0.717) is 5.82 Å². The van der Waals surface area contributed by atoms with Gasteiger partial charge < -0.3 is 0 Å². The van der Waals surface area contributed by atoms with E-state index in [0.717, 1.165) is 38.9 Å². The molecule has 1 heterocycles. The molecule has 0 fully saturated rings. The van der Waals surface area contributed by atoms with Gasteiger partial charge >= 0.3 is 0 Å². The minimum atomic E-state index is -0.575. The third-order valence-electron chi connectivity index (χ3n) is 12.8. The standard InChI is InChI=1S/C59H38N2/c1-4-20-41(21-5-1)54-38-55(49-31-16-22-39-18-10-12-27-44(39)49)61-58(60-54)51-36-35-48(46-29-14-15-30-47(46)51)50-32-17-33-52-56-45-28-13-11-19-40(45)34-37-53(56)59(57(50)52,42-23-6-2-7-24-42)43-25-8-3-9-26-43/h1-38H. The van der Waals surface area contributed by atoms with Gasteiger partial charge in [-0.15, -0.1) is 0 Å². The number of rotatable bonds is 6. The van der Waals surface area contributed by atoms with Gasteiger partial charge in [-0.1, -0.05) is 218 Å². The van der Waals surface area contributed by atoms with Crippen molar-refractivity contribution in [2.24, 2.45) is 0 Å². The Morgan fingerprint density at radius 3 is 1.54 bits per heavy atom. The van der Waals surface area contributed by atoms with Crippen LogP contribution in [0.25, 0.3) is 88.5 Å². The van der Waals surface area contributed by atoms with Gasteiger partial charge in [-0.05, 0) is 89.0 Å². The van der Waals surface area contributed by atoms with E-state index in [2.05, 4.69) is 231 Å². The zero-order valence-electron chi connectivity index (χ0n) is 33.3. The summed E-state index contributed by atoms with van der Waals surface area (Å²) in [5, 5.41) is 7.13. The highest BCUT2D eigenvalue weighted by atomic mass is 14.9. The maximum Gasteiger partial charge on any atom is 0.161 e. The Labute approximate surface area is 355 Å². The van der Waals surface area contributed by atoms with Gasteiger partial charge in [-0.3, -0.25) is 0 Å². The van der Waals surface area contributed by atoms with Crippen LogP contribution in [0, 0.1) is 0 Å². The Hall–Kier alpha value is -7.94. The second-order valence-corrected chi connectivity index (χ2v) is 16.0. The first-order valence-electron chi connectivity index (χ1n) is 21.0. The van der Waals surface area contributed by atoms with Gasteiger partial charge in [-0.25, -0.2) is 9.97 Å². The zero-order chi connectivity index (χ0) is 40.3. The first kappa shape index (κ1) is 35.0. The lowest BCUT2D eigenvalue weighted by atomic mass is 9.66. The second-order valence-electron chi connectivity index (χ2n) is 16.0. The van der Waals surface area contributed by atoms with Crippen LogP contribution in [-0.4, -0.2) is 9.97 Å². The van der Waals surface area contributed by atoms with E-state index >= 15 is 0 Å². The largest absolute Gasteiger partial charge is 0.228 e. The molecule has 12 rings (SSSR count). The van der Waals surface area contributed by atoms with Crippen molar-refractivity contribution < 1.29 is 0 Å². The summed E-state index contributed by atoms with van der Waals surface area (Å²) in [6, 6.07) is 83.6. The van der Waals surface area contributed by atoms with Gasteiger partial charge in [0.2, 0.25) is 0 Å². The lowest BCUT2D eigenvalue weighted by Crippen LogP contribution is -2.29. The molecule has 0 saturated heterocycles. The van der Waals surface area contributed by atoms with E-state index in [-0.39, 0.29) is 0 Å². The number of hydrogen-bond acceptors (Lipinski definition) is 2. The molecule has 2 nitrogen and oxygen atoms in total. The molecule has 0 amide bonds. The highest BCUT2D eigenvalue weighted by Crippen LogP contribution is 2.60. The Morgan fingerprint density at radius 1 is 0.311 bits per heavy atom. The molecule has 284 valence electrons. The van der Waals surface area contributed by atoms with Crippen molar-refractivity contribution in [3.05, 3.63) is 253 Å². The molecule has 0 aliphatic heterocycles. The minimum Gasteiger partial charge on any atom is -0.228 e. The van der Waals surface area contributed by atoms with Gasteiger partial charge in [0.1, 0.15) is 0 Å². The summed E-state index contributed by atoms with van der Waals surface area (Å²) < 4.78 is 0. The molecule has 11 aromatic rings. The number of hydrogen-bond donors (Lipinski definition) is 0. The van der Waals surface area contributed by atoms with Crippen LogP contribution in [0.15, 0.2) is 231 Å². The van der Waals surface area contributed by atoms with Crippen LogP contribution in [0.5, 0.6) is 0 Å². The molecule has 1 aliphatic carbocycles. The topological polar surface area (TPSA) is 25.8 Å². The molecule has 2 heteroatoms. The molecule has 1 aromatic heterocycles. The van der Waals surface area contributed by atoms with Crippen LogP contribution < -0.4 is 0 Å². The van der Waals surface area contributed by atoms with Crippen molar-refractivity contribution in [2.75, 3.05) is 0 Å². The van der Waals surface area contributed by atoms with E-state index in [1.807, 2.05) is 0 Å². The molecule has 0 saturated carbocycles. The molecule has 0 N–H and O–H groups in total. The number of benzene rings is 10. The molecule has 0 bridgehead atoms. The van der Waals surface area contributed by atoms with Crippen LogP contribution in [0.3, 0.4) is 0 Å². The van der Waals surface area contributed by atoms with E-state index in [1.54, 1.807) is 0 Å². The van der Waals surface area contributed by atoms with E-state index < -0.39 is 5.41 Å². The first-order valence-corrected chi connectivity index (χ1v) is 21.0. The molecular weight excluding hydrogens is 737 g/mol. The van der Waals surface area contributed by atoms with E-state index in [4.69, 9.17) is 9.97 Å². The highest BCUT2D eigenvalue weighted by molar-refractivity contribution is 6.10. The Kier molecular flexibility index (Phi) is 8.11. The number of fused-ring (bicyclic) bond motifs is 7. The molecule has 0 atom stereocenters. The summed E-state index contributed by atoms with van der Waals surface area (Å²) in [4.78, 5) is 10.7. The summed E-state index contributed by atoms with van der Waals surface area (Å²) in [5.74, 6) is 0.701. The van der Waals surface area contributed by atoms with Gasteiger partial charge in [0.15, 0.2) is 5.82 Å². The smallest absolute Gasteiger partial charge is 0.161 e. The minimum absolute atomic E-state index is 0.575. The van der Waals surface area contributed by atoms with Crippen molar-refractivity contribution in [1.82, 2.24) is 9.97 Å². The molecule has 0 unspecified atom stereocenters. The van der Waals surface area contributed by atoms with Gasteiger partial charge in [0, 0.05) is 16.7 Å². The fourth-order valence-corrected chi connectivity index (χ4v) is 10.2. The molecule has 0 spiro atoms. The molecule has 1 aliphatic rings. The summed E-state index contributed by atoms with van der Waals surface area (Å²) >= 11 is 0. The normalized spacial score (nSPS) is 12.7. The highest BCUT2D eigenvalue weighted by Gasteiger charge is 2.48. The second kappa shape index (κ2) is 14.1. The van der Waals surface area contributed by atoms with Gasteiger partial charge in [-0.2, -0.15) is 0 Å². The number of aromatic nitrogens is 2. The average molecular weight is 775 g/mol. The van der Waals surface area contributed by atoms with Crippen molar-refractivity contribution in [3.8, 4) is 56.2 Å². The van der Waals surface area contributed by atoms with Gasteiger partial charge in [0.05, 0.1) is 16.8 Å². The molecule has 61 heavy (non-hydrogen) atoms. The zero-order valence-corrected chi connectivity index (χ0v) is 33.3. The molecular formula is C59H38N2. The van der Waals surface area contributed by atoms with E-state index in [1.165, 1.54) is 66.1 Å². The van der Waals surface area contributed by atoms with Crippen LogP contribution in [0.2, 0.25) is 0 Å². The SMILES string of the molecule is c1ccc(-c2cc(-c3cccc4ccccc34)nc(-c3ccc(-c4cccc5c4C(c4ccccc4)(c4ccccc4)c4ccc6ccccc6c4-5)c4ccccc34)n2)cc1. The average Bonchev–Trinajstić information content (AvgIpc) is 3.66. The monoisotopic (exact) mass is 774 g/mol. The van der Waals surface area contributed by atoms with Crippen molar-refractivity contribution in [2.45, 2.75) is 5.41 Å². The fraction of sp³-hybridized carbons (Fsp3) is 0.0169. The van der Waals surface area contributed by atoms with Crippen LogP contribution in [-0.2, 0) is 5.41 Å². The lowest BCUT2D eigenvalue weighted by Gasteiger charge is -2.35. The van der Waals surface area contributed by atoms with Crippen molar-refractivity contribution >= 4 is 32.3 Å². The summed E-state index contributed by atoms with van der Waals surface area (Å²) in [7, 11) is 0. The Morgan fingerprint density at radius 2 is 0.820 bits per heavy atom. The maximum absolute atomic E-state index is 5.41. The summed E-state index contributed by atoms with van der Waals surface area (Å²) in [6.07, 6.45) is 0. The maximum atomic E-state index is 5.41. The van der Waals surface area contributed by atoms with Crippen LogP contribution in [0.1, 0.15) is 22.3 Å². The Balaban J connectivity index is 1.14. The third-order valence-corrected chi connectivity index (χ3v) is 12.8. The van der Waals surface area contributed by atoms with Gasteiger partial charge in [0.25, 0.3) is 0 Å². The number of nitrogens with zero attached hydrogens (tertiary/aromatic N) is 2. The van der Waals surface area contributed by atoms with Crippen LogP contribution >= 0.6 is 0 Å². The van der Waals surface area contributed by atoms with Crippen molar-refractivity contribution in [3.63, 3.8) is 0 Å². The lowest BCUT2D eigenvalue weighted by molar-refractivity contribution is 0.771. The third kappa shape index (κ3) is 5.43. The molecule has 10 aromatic carbocycles. The predicted molar refractivity (Wildman–Crippen MR) is 254 cm³/mol. The molecule has 0 radical (unpaired) electrons. The Bertz CT molecular complexity index is 3420. The van der Waals surface area contributed by atoms with Crippen molar-refractivity contribution in [1.29, 1.82) is 0 Å².